The van der Waals surface area contributed by atoms with Crippen molar-refractivity contribution in [3.05, 3.63) is 77.9 Å². The number of benzene rings is 2. The molecule has 0 bridgehead atoms. The molecule has 0 heterocycles. The fourth-order valence-corrected chi connectivity index (χ4v) is 2.46. The van der Waals surface area contributed by atoms with Gasteiger partial charge in [-0.1, -0.05) is 72.8 Å². The van der Waals surface area contributed by atoms with E-state index in [4.69, 9.17) is 9.47 Å². The first kappa shape index (κ1) is 18.9. The Morgan fingerprint density at radius 3 is 2.36 bits per heavy atom. The van der Waals surface area contributed by atoms with Crippen LogP contribution < -0.4 is 0 Å². The molecule has 2 atom stereocenters. The van der Waals surface area contributed by atoms with Crippen LogP contribution in [0.4, 0.5) is 0 Å². The molecule has 4 nitrogen and oxygen atoms in total. The monoisotopic (exact) mass is 340 g/mol. The summed E-state index contributed by atoms with van der Waals surface area (Å²) in [5.41, 5.74) is 2.06. The Labute approximate surface area is 148 Å². The topological polar surface area (TPSA) is 55.8 Å². The maximum Gasteiger partial charge on any atom is 0.311 e. The van der Waals surface area contributed by atoms with Crippen molar-refractivity contribution in [1.29, 1.82) is 0 Å². The minimum atomic E-state index is -0.920. The number of carbonyl (C=O) groups excluding carboxylic acids is 1. The second-order valence-corrected chi connectivity index (χ2v) is 5.75. The Bertz CT molecular complexity index is 652. The van der Waals surface area contributed by atoms with Crippen LogP contribution in [0.1, 0.15) is 17.5 Å². The predicted molar refractivity (Wildman–Crippen MR) is 97.7 cm³/mol. The standard InChI is InChI=1S/C21H24O4/c1-24-21(23)19(14-8-13-17-9-4-2-5-10-17)20(22)16-25-15-18-11-6-3-7-12-18/h2-13,19-20,22H,14-16H2,1H3/b13-8+/t19-,20-/m1/s1. The largest absolute Gasteiger partial charge is 0.469 e. The average molecular weight is 340 g/mol. The van der Waals surface area contributed by atoms with Crippen LogP contribution in [0.3, 0.4) is 0 Å². The molecule has 0 saturated heterocycles. The Kier molecular flexibility index (Phi) is 7.89. The summed E-state index contributed by atoms with van der Waals surface area (Å²) in [6.07, 6.45) is 3.26. The summed E-state index contributed by atoms with van der Waals surface area (Å²) in [6, 6.07) is 19.5. The van der Waals surface area contributed by atoms with E-state index in [0.29, 0.717) is 13.0 Å². The molecule has 0 aliphatic rings. The molecule has 25 heavy (non-hydrogen) atoms. The lowest BCUT2D eigenvalue weighted by Crippen LogP contribution is -2.32. The van der Waals surface area contributed by atoms with Gasteiger partial charge in [0.15, 0.2) is 0 Å². The first-order valence-electron chi connectivity index (χ1n) is 8.30. The molecule has 0 aliphatic heterocycles. The summed E-state index contributed by atoms with van der Waals surface area (Å²) in [5.74, 6) is -1.09. The van der Waals surface area contributed by atoms with Crippen LogP contribution in [0.25, 0.3) is 6.08 Å². The van der Waals surface area contributed by atoms with E-state index in [2.05, 4.69) is 0 Å². The van der Waals surface area contributed by atoms with Gasteiger partial charge in [0.25, 0.3) is 0 Å². The Hall–Kier alpha value is -2.43. The molecule has 2 aromatic carbocycles. The van der Waals surface area contributed by atoms with Gasteiger partial charge in [0.2, 0.25) is 0 Å². The average Bonchev–Trinajstić information content (AvgIpc) is 2.66. The summed E-state index contributed by atoms with van der Waals surface area (Å²) < 4.78 is 10.4. The van der Waals surface area contributed by atoms with E-state index in [1.54, 1.807) is 0 Å². The maximum absolute atomic E-state index is 12.0. The van der Waals surface area contributed by atoms with Crippen LogP contribution in [-0.2, 0) is 20.9 Å². The van der Waals surface area contributed by atoms with Crippen LogP contribution in [-0.4, -0.2) is 30.9 Å². The number of esters is 1. The first-order valence-corrected chi connectivity index (χ1v) is 8.30. The van der Waals surface area contributed by atoms with E-state index < -0.39 is 18.0 Å². The number of ether oxygens (including phenoxy) is 2. The smallest absolute Gasteiger partial charge is 0.311 e. The molecule has 4 heteroatoms. The van der Waals surface area contributed by atoms with E-state index in [0.717, 1.165) is 11.1 Å². The molecule has 0 amide bonds. The predicted octanol–water partition coefficient (Wildman–Crippen LogP) is 3.46. The number of aliphatic hydroxyl groups is 1. The zero-order valence-electron chi connectivity index (χ0n) is 14.4. The molecule has 0 aliphatic carbocycles. The van der Waals surface area contributed by atoms with Gasteiger partial charge in [-0.2, -0.15) is 0 Å². The minimum Gasteiger partial charge on any atom is -0.469 e. The summed E-state index contributed by atoms with van der Waals surface area (Å²) in [5, 5.41) is 10.3. The van der Waals surface area contributed by atoms with Gasteiger partial charge in [0.05, 0.1) is 32.3 Å². The molecule has 0 aromatic heterocycles. The number of hydrogen-bond donors (Lipinski definition) is 1. The van der Waals surface area contributed by atoms with E-state index in [-0.39, 0.29) is 6.61 Å². The number of allylic oxidation sites excluding steroid dienone is 1. The molecular weight excluding hydrogens is 316 g/mol. The number of carbonyl (C=O) groups is 1. The highest BCUT2D eigenvalue weighted by atomic mass is 16.5. The number of methoxy groups -OCH3 is 1. The quantitative estimate of drug-likeness (QED) is 0.710. The van der Waals surface area contributed by atoms with Crippen LogP contribution in [0.15, 0.2) is 66.7 Å². The van der Waals surface area contributed by atoms with E-state index in [1.165, 1.54) is 7.11 Å². The van der Waals surface area contributed by atoms with Gasteiger partial charge in [-0.15, -0.1) is 0 Å². The summed E-state index contributed by atoms with van der Waals surface area (Å²) in [4.78, 5) is 12.0. The molecule has 0 spiro atoms. The fourth-order valence-electron chi connectivity index (χ4n) is 2.46. The Morgan fingerprint density at radius 1 is 1.08 bits per heavy atom. The summed E-state index contributed by atoms with van der Waals surface area (Å²) in [7, 11) is 1.33. The lowest BCUT2D eigenvalue weighted by atomic mass is 9.98. The minimum absolute atomic E-state index is 0.0772. The van der Waals surface area contributed by atoms with Gasteiger partial charge in [0.1, 0.15) is 0 Å². The highest BCUT2D eigenvalue weighted by molar-refractivity contribution is 5.73. The molecule has 2 rings (SSSR count). The van der Waals surface area contributed by atoms with Gasteiger partial charge in [-0.3, -0.25) is 4.79 Å². The Balaban J connectivity index is 1.87. The number of hydrogen-bond acceptors (Lipinski definition) is 4. The van der Waals surface area contributed by atoms with Crippen LogP contribution in [0.5, 0.6) is 0 Å². The second kappa shape index (κ2) is 10.4. The van der Waals surface area contributed by atoms with Crippen LogP contribution in [0, 0.1) is 5.92 Å². The molecule has 132 valence electrons. The normalized spacial score (nSPS) is 13.5. The van der Waals surface area contributed by atoms with Crippen molar-refractivity contribution in [3.8, 4) is 0 Å². The molecule has 0 saturated carbocycles. The lowest BCUT2D eigenvalue weighted by molar-refractivity contribution is -0.151. The highest BCUT2D eigenvalue weighted by Crippen LogP contribution is 2.15. The highest BCUT2D eigenvalue weighted by Gasteiger charge is 2.26. The molecule has 0 radical (unpaired) electrons. The van der Waals surface area contributed by atoms with Gasteiger partial charge in [-0.05, 0) is 17.5 Å². The van der Waals surface area contributed by atoms with Gasteiger partial charge >= 0.3 is 5.97 Å². The van der Waals surface area contributed by atoms with Crippen molar-refractivity contribution >= 4 is 12.0 Å². The van der Waals surface area contributed by atoms with E-state index in [9.17, 15) is 9.90 Å². The van der Waals surface area contributed by atoms with Crippen molar-refractivity contribution < 1.29 is 19.4 Å². The van der Waals surface area contributed by atoms with Crippen molar-refractivity contribution in [1.82, 2.24) is 0 Å². The molecule has 2 aromatic rings. The SMILES string of the molecule is COC(=O)[C@H](C/C=C/c1ccccc1)[C@H](O)COCc1ccccc1. The maximum atomic E-state index is 12.0. The van der Waals surface area contributed by atoms with Crippen LogP contribution >= 0.6 is 0 Å². The molecule has 0 unspecified atom stereocenters. The van der Waals surface area contributed by atoms with Crippen molar-refractivity contribution in [2.45, 2.75) is 19.1 Å². The number of aliphatic hydroxyl groups excluding tert-OH is 1. The lowest BCUT2D eigenvalue weighted by Gasteiger charge is -2.19. The van der Waals surface area contributed by atoms with E-state index in [1.807, 2.05) is 72.8 Å². The third-order valence-corrected chi connectivity index (χ3v) is 3.87. The van der Waals surface area contributed by atoms with Crippen LogP contribution in [0.2, 0.25) is 0 Å². The first-order chi connectivity index (χ1) is 12.2. The summed E-state index contributed by atoms with van der Waals surface area (Å²) in [6.45, 7) is 0.472. The third kappa shape index (κ3) is 6.53. The summed E-state index contributed by atoms with van der Waals surface area (Å²) >= 11 is 0. The fraction of sp³-hybridized carbons (Fsp3) is 0.286. The number of rotatable bonds is 9. The van der Waals surface area contributed by atoms with Gasteiger partial charge in [0, 0.05) is 0 Å². The molecular formula is C21H24O4. The zero-order chi connectivity index (χ0) is 17.9. The Morgan fingerprint density at radius 2 is 1.72 bits per heavy atom. The second-order valence-electron chi connectivity index (χ2n) is 5.75. The zero-order valence-corrected chi connectivity index (χ0v) is 14.4. The third-order valence-electron chi connectivity index (χ3n) is 3.87. The van der Waals surface area contributed by atoms with Gasteiger partial charge in [-0.25, -0.2) is 0 Å². The van der Waals surface area contributed by atoms with Crippen molar-refractivity contribution in [2.24, 2.45) is 5.92 Å². The molecule has 1 N–H and O–H groups in total. The molecule has 0 fully saturated rings. The van der Waals surface area contributed by atoms with Gasteiger partial charge < -0.3 is 14.6 Å². The van der Waals surface area contributed by atoms with Crippen molar-refractivity contribution in [3.63, 3.8) is 0 Å². The van der Waals surface area contributed by atoms with Crippen molar-refractivity contribution in [2.75, 3.05) is 13.7 Å². The van der Waals surface area contributed by atoms with E-state index >= 15 is 0 Å².